The molecule has 0 amide bonds. The van der Waals surface area contributed by atoms with Gasteiger partial charge in [0, 0.05) is 0 Å². The summed E-state index contributed by atoms with van der Waals surface area (Å²) in [5.41, 5.74) is 9.80. The van der Waals surface area contributed by atoms with Crippen LogP contribution in [0.3, 0.4) is 0 Å². The molecule has 9 aromatic rings. The maximum atomic E-state index is 4.06. The van der Waals surface area contributed by atoms with E-state index in [1.165, 1.54) is 92.8 Å². The van der Waals surface area contributed by atoms with Crippen molar-refractivity contribution in [2.45, 2.75) is 6.92 Å². The molecule has 0 N–H and O–H groups in total. The topological polar surface area (TPSA) is 0 Å². The Morgan fingerprint density at radius 2 is 0.959 bits per heavy atom. The molecule has 0 saturated carbocycles. The standard InChI is InChI=1S/C49H34/c1-3-32(4-2)34-16-13-17-38(29-34)48-42-20-9-11-22-44(42)49(45-23-12-10-21-43(45)48)39-27-26-37-30-46(40-18-7-8-19-41(40)47(37)31-39)36-25-24-33-14-5-6-15-35(33)28-36/h3-31H,1H2,2H3/b32-4+. The summed E-state index contributed by atoms with van der Waals surface area (Å²) < 4.78 is 0. The van der Waals surface area contributed by atoms with Crippen molar-refractivity contribution in [3.05, 3.63) is 188 Å². The predicted octanol–water partition coefficient (Wildman–Crippen LogP) is 14.0. The molecular formula is C49H34. The van der Waals surface area contributed by atoms with Gasteiger partial charge in [-0.15, -0.1) is 0 Å². The van der Waals surface area contributed by atoms with Crippen LogP contribution in [0, 0.1) is 0 Å². The first-order valence-electron chi connectivity index (χ1n) is 17.0. The predicted molar refractivity (Wildman–Crippen MR) is 214 cm³/mol. The van der Waals surface area contributed by atoms with Crippen LogP contribution in [0.4, 0.5) is 0 Å². The molecule has 0 aliphatic rings. The van der Waals surface area contributed by atoms with Crippen LogP contribution in [0.1, 0.15) is 12.5 Å². The number of rotatable bonds is 5. The second-order valence-electron chi connectivity index (χ2n) is 12.8. The van der Waals surface area contributed by atoms with Crippen molar-refractivity contribution in [2.24, 2.45) is 0 Å². The van der Waals surface area contributed by atoms with Gasteiger partial charge in [0.05, 0.1) is 0 Å². The first-order valence-corrected chi connectivity index (χ1v) is 17.0. The van der Waals surface area contributed by atoms with Crippen LogP contribution in [0.2, 0.25) is 0 Å². The summed E-state index contributed by atoms with van der Waals surface area (Å²) in [5, 5.41) is 12.6. The number of fused-ring (bicyclic) bond motifs is 6. The first-order chi connectivity index (χ1) is 24.2. The molecule has 0 unspecified atom stereocenters. The highest BCUT2D eigenvalue weighted by atomic mass is 14.2. The number of allylic oxidation sites excluding steroid dienone is 3. The summed E-state index contributed by atoms with van der Waals surface area (Å²) in [6, 6.07) is 60.4. The summed E-state index contributed by atoms with van der Waals surface area (Å²) in [5.74, 6) is 0. The van der Waals surface area contributed by atoms with Gasteiger partial charge in [-0.05, 0) is 130 Å². The Bertz CT molecular complexity index is 2740. The van der Waals surface area contributed by atoms with Crippen molar-refractivity contribution >= 4 is 59.4 Å². The molecule has 0 spiro atoms. The zero-order chi connectivity index (χ0) is 32.9. The molecule has 9 aromatic carbocycles. The van der Waals surface area contributed by atoms with Gasteiger partial charge >= 0.3 is 0 Å². The molecule has 0 saturated heterocycles. The van der Waals surface area contributed by atoms with Crippen LogP contribution < -0.4 is 0 Å². The molecule has 49 heavy (non-hydrogen) atoms. The summed E-state index contributed by atoms with van der Waals surface area (Å²) in [4.78, 5) is 0. The van der Waals surface area contributed by atoms with Crippen molar-refractivity contribution < 1.29 is 0 Å². The average Bonchev–Trinajstić information content (AvgIpc) is 3.17. The van der Waals surface area contributed by atoms with Gasteiger partial charge in [0.15, 0.2) is 0 Å². The number of hydrogen-bond acceptors (Lipinski definition) is 0. The van der Waals surface area contributed by atoms with Crippen LogP contribution in [0.25, 0.3) is 92.8 Å². The molecule has 0 atom stereocenters. The van der Waals surface area contributed by atoms with Gasteiger partial charge in [0.25, 0.3) is 0 Å². The molecule has 0 nitrogen and oxygen atoms in total. The summed E-state index contributed by atoms with van der Waals surface area (Å²) in [6.45, 7) is 6.13. The highest BCUT2D eigenvalue weighted by Crippen LogP contribution is 2.45. The van der Waals surface area contributed by atoms with Gasteiger partial charge in [-0.25, -0.2) is 0 Å². The fraction of sp³-hybridized carbons (Fsp3) is 0.0204. The second kappa shape index (κ2) is 11.8. The molecular weight excluding hydrogens is 589 g/mol. The van der Waals surface area contributed by atoms with Crippen LogP contribution in [0.15, 0.2) is 183 Å². The Hall–Kier alpha value is -6.24. The highest BCUT2D eigenvalue weighted by molar-refractivity contribution is 6.23. The maximum absolute atomic E-state index is 4.06. The zero-order valence-corrected chi connectivity index (χ0v) is 27.5. The minimum absolute atomic E-state index is 1.14. The Morgan fingerprint density at radius 3 is 1.61 bits per heavy atom. The molecule has 0 radical (unpaired) electrons. The smallest absolute Gasteiger partial charge is 0.00261 e. The van der Waals surface area contributed by atoms with Crippen LogP contribution in [0.5, 0.6) is 0 Å². The van der Waals surface area contributed by atoms with E-state index in [-0.39, 0.29) is 0 Å². The lowest BCUT2D eigenvalue weighted by molar-refractivity contribution is 1.59. The Labute approximate surface area is 286 Å². The SMILES string of the molecule is C=C/C(=C\C)c1cccc(-c2c3ccccc3c(-c3ccc4cc(-c5ccc6ccccc6c5)c5ccccc5c4c3)c3ccccc23)c1. The van der Waals surface area contributed by atoms with E-state index in [9.17, 15) is 0 Å². The zero-order valence-electron chi connectivity index (χ0n) is 27.5. The van der Waals surface area contributed by atoms with Crippen molar-refractivity contribution in [1.29, 1.82) is 0 Å². The van der Waals surface area contributed by atoms with Gasteiger partial charge in [0.2, 0.25) is 0 Å². The molecule has 0 bridgehead atoms. The lowest BCUT2D eigenvalue weighted by Gasteiger charge is -2.19. The van der Waals surface area contributed by atoms with E-state index in [4.69, 9.17) is 0 Å². The molecule has 0 aliphatic carbocycles. The Morgan fingerprint density at radius 1 is 0.408 bits per heavy atom. The third kappa shape index (κ3) is 4.76. The number of benzene rings is 9. The molecule has 0 heteroatoms. The fourth-order valence-electron chi connectivity index (χ4n) is 7.86. The van der Waals surface area contributed by atoms with Gasteiger partial charge in [-0.2, -0.15) is 0 Å². The Kier molecular flexibility index (Phi) is 6.95. The van der Waals surface area contributed by atoms with Crippen LogP contribution in [-0.2, 0) is 0 Å². The van der Waals surface area contributed by atoms with Crippen molar-refractivity contribution in [3.63, 3.8) is 0 Å². The lowest BCUT2D eigenvalue weighted by Crippen LogP contribution is -1.92. The molecule has 9 rings (SSSR count). The van der Waals surface area contributed by atoms with Crippen molar-refractivity contribution in [2.75, 3.05) is 0 Å². The van der Waals surface area contributed by atoms with E-state index in [0.717, 1.165) is 5.57 Å². The number of hydrogen-bond donors (Lipinski definition) is 0. The lowest BCUT2D eigenvalue weighted by atomic mass is 9.84. The maximum Gasteiger partial charge on any atom is -0.00261 e. The van der Waals surface area contributed by atoms with Gasteiger partial charge in [-0.3, -0.25) is 0 Å². The van der Waals surface area contributed by atoms with E-state index >= 15 is 0 Å². The van der Waals surface area contributed by atoms with E-state index in [1.807, 2.05) is 6.08 Å². The molecule has 0 aromatic heterocycles. The highest BCUT2D eigenvalue weighted by Gasteiger charge is 2.18. The average molecular weight is 623 g/mol. The molecule has 0 aliphatic heterocycles. The van der Waals surface area contributed by atoms with Gasteiger partial charge in [0.1, 0.15) is 0 Å². The van der Waals surface area contributed by atoms with Crippen molar-refractivity contribution in [1.82, 2.24) is 0 Å². The van der Waals surface area contributed by atoms with E-state index in [1.54, 1.807) is 0 Å². The van der Waals surface area contributed by atoms with Gasteiger partial charge < -0.3 is 0 Å². The third-order valence-electron chi connectivity index (χ3n) is 10.2. The largest absolute Gasteiger partial charge is 0.0985 e. The van der Waals surface area contributed by atoms with E-state index < -0.39 is 0 Å². The van der Waals surface area contributed by atoms with E-state index in [0.29, 0.717) is 0 Å². The first kappa shape index (κ1) is 28.9. The fourth-order valence-corrected chi connectivity index (χ4v) is 7.86. The molecule has 0 fully saturated rings. The van der Waals surface area contributed by atoms with Crippen molar-refractivity contribution in [3.8, 4) is 33.4 Å². The normalized spacial score (nSPS) is 12.0. The monoisotopic (exact) mass is 622 g/mol. The van der Waals surface area contributed by atoms with Crippen LogP contribution >= 0.6 is 0 Å². The molecule has 230 valence electrons. The summed E-state index contributed by atoms with van der Waals surface area (Å²) in [7, 11) is 0. The van der Waals surface area contributed by atoms with E-state index in [2.05, 4.69) is 183 Å². The Balaban J connectivity index is 1.29. The van der Waals surface area contributed by atoms with Crippen LogP contribution in [-0.4, -0.2) is 0 Å². The minimum Gasteiger partial charge on any atom is -0.0985 e. The minimum atomic E-state index is 1.14. The quantitative estimate of drug-likeness (QED) is 0.102. The summed E-state index contributed by atoms with van der Waals surface area (Å²) >= 11 is 0. The molecule has 0 heterocycles. The van der Waals surface area contributed by atoms with Gasteiger partial charge in [-0.1, -0.05) is 158 Å². The third-order valence-corrected chi connectivity index (χ3v) is 10.2. The second-order valence-corrected chi connectivity index (χ2v) is 12.8. The summed E-state index contributed by atoms with van der Waals surface area (Å²) in [6.07, 6.45) is 4.06.